The topological polar surface area (TPSA) is 20.2 Å². The average molecular weight is 266 g/mol. The highest BCUT2D eigenvalue weighted by molar-refractivity contribution is 4.78. The summed E-state index contributed by atoms with van der Waals surface area (Å²) in [7, 11) is 0. The molecule has 112 valence electrons. The zero-order chi connectivity index (χ0) is 13.5. The SMILES string of the molecule is CCC1CCCCC(C2CCC(O)CC2)CCCC1. The molecule has 0 unspecified atom stereocenters. The van der Waals surface area contributed by atoms with Crippen LogP contribution in [0.15, 0.2) is 0 Å². The van der Waals surface area contributed by atoms with Gasteiger partial charge in [-0.3, -0.25) is 0 Å². The summed E-state index contributed by atoms with van der Waals surface area (Å²) in [5, 5.41) is 9.66. The Balaban J connectivity index is 1.78. The van der Waals surface area contributed by atoms with Crippen molar-refractivity contribution < 1.29 is 5.11 Å². The Morgan fingerprint density at radius 3 is 1.68 bits per heavy atom. The fourth-order valence-electron chi connectivity index (χ4n) is 4.42. The molecular formula is C18H34O. The second-order valence-corrected chi connectivity index (χ2v) is 7.17. The van der Waals surface area contributed by atoms with Crippen LogP contribution in [0.1, 0.15) is 90.4 Å². The van der Waals surface area contributed by atoms with Crippen molar-refractivity contribution >= 4 is 0 Å². The van der Waals surface area contributed by atoms with Crippen molar-refractivity contribution in [2.24, 2.45) is 17.8 Å². The lowest BCUT2D eigenvalue weighted by molar-refractivity contribution is 0.0851. The van der Waals surface area contributed by atoms with Gasteiger partial charge >= 0.3 is 0 Å². The van der Waals surface area contributed by atoms with Crippen molar-refractivity contribution in [2.45, 2.75) is 96.5 Å². The fourth-order valence-corrected chi connectivity index (χ4v) is 4.42. The molecule has 2 aliphatic rings. The lowest BCUT2D eigenvalue weighted by atomic mass is 9.74. The number of aliphatic hydroxyl groups excluding tert-OH is 1. The van der Waals surface area contributed by atoms with Gasteiger partial charge in [-0.25, -0.2) is 0 Å². The van der Waals surface area contributed by atoms with E-state index < -0.39 is 0 Å². The van der Waals surface area contributed by atoms with Gasteiger partial charge in [-0.05, 0) is 43.4 Å². The lowest BCUT2D eigenvalue weighted by Gasteiger charge is -2.33. The minimum absolute atomic E-state index is 0.0149. The van der Waals surface area contributed by atoms with Crippen molar-refractivity contribution in [1.82, 2.24) is 0 Å². The van der Waals surface area contributed by atoms with Crippen LogP contribution in [-0.4, -0.2) is 11.2 Å². The van der Waals surface area contributed by atoms with Crippen LogP contribution in [0.2, 0.25) is 0 Å². The van der Waals surface area contributed by atoms with Crippen LogP contribution in [0, 0.1) is 17.8 Å². The van der Waals surface area contributed by atoms with Gasteiger partial charge in [-0.2, -0.15) is 0 Å². The summed E-state index contributed by atoms with van der Waals surface area (Å²) in [6.45, 7) is 2.37. The van der Waals surface area contributed by atoms with Gasteiger partial charge in [0.25, 0.3) is 0 Å². The minimum atomic E-state index is 0.0149. The first-order valence-corrected chi connectivity index (χ1v) is 8.97. The predicted octanol–water partition coefficient (Wildman–Crippen LogP) is 5.31. The van der Waals surface area contributed by atoms with Gasteiger partial charge in [-0.15, -0.1) is 0 Å². The molecule has 0 aromatic rings. The van der Waals surface area contributed by atoms with Crippen LogP contribution in [0.25, 0.3) is 0 Å². The summed E-state index contributed by atoms with van der Waals surface area (Å²) in [5.41, 5.74) is 0. The Bertz CT molecular complexity index is 218. The standard InChI is InChI=1S/C18H34O/c1-2-15-7-3-5-9-16(10-6-4-8-15)17-11-13-18(19)14-12-17/h15-19H,2-14H2,1H3. The van der Waals surface area contributed by atoms with Crippen LogP contribution in [0.4, 0.5) is 0 Å². The maximum Gasteiger partial charge on any atom is 0.0540 e. The second-order valence-electron chi connectivity index (χ2n) is 7.17. The smallest absolute Gasteiger partial charge is 0.0540 e. The van der Waals surface area contributed by atoms with E-state index in [1.807, 2.05) is 0 Å². The maximum absolute atomic E-state index is 9.66. The summed E-state index contributed by atoms with van der Waals surface area (Å²) < 4.78 is 0. The van der Waals surface area contributed by atoms with Gasteiger partial charge in [0.15, 0.2) is 0 Å². The summed E-state index contributed by atoms with van der Waals surface area (Å²) in [6, 6.07) is 0. The first kappa shape index (κ1) is 15.4. The largest absolute Gasteiger partial charge is 0.393 e. The third kappa shape index (κ3) is 5.10. The van der Waals surface area contributed by atoms with Crippen molar-refractivity contribution in [1.29, 1.82) is 0 Å². The van der Waals surface area contributed by atoms with Crippen molar-refractivity contribution in [3.8, 4) is 0 Å². The van der Waals surface area contributed by atoms with E-state index in [-0.39, 0.29) is 6.10 Å². The van der Waals surface area contributed by atoms with Crippen LogP contribution in [-0.2, 0) is 0 Å². The zero-order valence-electron chi connectivity index (χ0n) is 12.9. The molecule has 2 rings (SSSR count). The number of hydrogen-bond donors (Lipinski definition) is 1. The molecule has 2 aliphatic carbocycles. The fraction of sp³-hybridized carbons (Fsp3) is 1.00. The van der Waals surface area contributed by atoms with Gasteiger partial charge in [0.05, 0.1) is 6.10 Å². The van der Waals surface area contributed by atoms with E-state index >= 15 is 0 Å². The monoisotopic (exact) mass is 266 g/mol. The number of aliphatic hydroxyl groups is 1. The molecule has 0 radical (unpaired) electrons. The predicted molar refractivity (Wildman–Crippen MR) is 82.2 cm³/mol. The Hall–Kier alpha value is -0.0400. The van der Waals surface area contributed by atoms with Gasteiger partial charge in [0.1, 0.15) is 0 Å². The first-order valence-electron chi connectivity index (χ1n) is 8.97. The summed E-state index contributed by atoms with van der Waals surface area (Å²) in [4.78, 5) is 0. The van der Waals surface area contributed by atoms with E-state index in [1.54, 1.807) is 0 Å². The highest BCUT2D eigenvalue weighted by Crippen LogP contribution is 2.37. The van der Waals surface area contributed by atoms with E-state index in [1.165, 1.54) is 70.6 Å². The molecule has 2 fully saturated rings. The summed E-state index contributed by atoms with van der Waals surface area (Å²) in [6.07, 6.45) is 17.9. The molecule has 0 aromatic heterocycles. The van der Waals surface area contributed by atoms with Crippen LogP contribution < -0.4 is 0 Å². The molecule has 0 spiro atoms. The normalized spacial score (nSPS) is 38.8. The molecule has 19 heavy (non-hydrogen) atoms. The van der Waals surface area contributed by atoms with E-state index in [2.05, 4.69) is 6.92 Å². The quantitative estimate of drug-likeness (QED) is 0.717. The van der Waals surface area contributed by atoms with Crippen molar-refractivity contribution in [2.75, 3.05) is 0 Å². The molecule has 1 N–H and O–H groups in total. The van der Waals surface area contributed by atoms with Gasteiger partial charge in [0, 0.05) is 0 Å². The van der Waals surface area contributed by atoms with Crippen LogP contribution >= 0.6 is 0 Å². The molecule has 0 heterocycles. The molecule has 1 heteroatoms. The van der Waals surface area contributed by atoms with E-state index in [0.29, 0.717) is 0 Å². The second kappa shape index (κ2) is 8.29. The number of rotatable bonds is 2. The molecule has 2 saturated carbocycles. The Morgan fingerprint density at radius 1 is 0.684 bits per heavy atom. The lowest BCUT2D eigenvalue weighted by Crippen LogP contribution is -2.24. The van der Waals surface area contributed by atoms with Gasteiger partial charge in [0.2, 0.25) is 0 Å². The molecule has 1 nitrogen and oxygen atoms in total. The number of hydrogen-bond acceptors (Lipinski definition) is 1. The van der Waals surface area contributed by atoms with Crippen LogP contribution in [0.5, 0.6) is 0 Å². The molecule has 0 saturated heterocycles. The molecule has 0 aromatic carbocycles. The Kier molecular flexibility index (Phi) is 6.70. The van der Waals surface area contributed by atoms with Crippen LogP contribution in [0.3, 0.4) is 0 Å². The highest BCUT2D eigenvalue weighted by atomic mass is 16.3. The first-order chi connectivity index (χ1) is 9.29. The molecule has 0 aliphatic heterocycles. The minimum Gasteiger partial charge on any atom is -0.393 e. The zero-order valence-corrected chi connectivity index (χ0v) is 12.9. The third-order valence-electron chi connectivity index (χ3n) is 5.86. The van der Waals surface area contributed by atoms with E-state index in [9.17, 15) is 5.11 Å². The highest BCUT2D eigenvalue weighted by Gasteiger charge is 2.26. The van der Waals surface area contributed by atoms with E-state index in [0.717, 1.165) is 30.6 Å². The van der Waals surface area contributed by atoms with Gasteiger partial charge in [-0.1, -0.05) is 64.7 Å². The third-order valence-corrected chi connectivity index (χ3v) is 5.86. The molecule has 0 amide bonds. The van der Waals surface area contributed by atoms with E-state index in [4.69, 9.17) is 0 Å². The van der Waals surface area contributed by atoms with Crippen molar-refractivity contribution in [3.05, 3.63) is 0 Å². The molecule has 0 bridgehead atoms. The Morgan fingerprint density at radius 2 is 1.16 bits per heavy atom. The van der Waals surface area contributed by atoms with Crippen molar-refractivity contribution in [3.63, 3.8) is 0 Å². The van der Waals surface area contributed by atoms with Gasteiger partial charge < -0.3 is 5.11 Å². The summed E-state index contributed by atoms with van der Waals surface area (Å²) >= 11 is 0. The Labute approximate surface area is 120 Å². The molecule has 0 atom stereocenters. The average Bonchev–Trinajstić information content (AvgIpc) is 2.45. The molecular weight excluding hydrogens is 232 g/mol. The maximum atomic E-state index is 9.66. The summed E-state index contributed by atoms with van der Waals surface area (Å²) in [5.74, 6) is 2.93.